The summed E-state index contributed by atoms with van der Waals surface area (Å²) < 4.78 is 1.97. The molecule has 2 aromatic rings. The van der Waals surface area contributed by atoms with Crippen LogP contribution in [0.1, 0.15) is 30.9 Å². The molecule has 1 aromatic heterocycles. The molecule has 0 aliphatic rings. The van der Waals surface area contributed by atoms with Gasteiger partial charge in [0.1, 0.15) is 0 Å². The van der Waals surface area contributed by atoms with Crippen molar-refractivity contribution < 1.29 is 0 Å². The van der Waals surface area contributed by atoms with Crippen molar-refractivity contribution in [2.75, 3.05) is 0 Å². The Morgan fingerprint density at radius 2 is 2.06 bits per heavy atom. The van der Waals surface area contributed by atoms with Crippen molar-refractivity contribution >= 4 is 11.6 Å². The van der Waals surface area contributed by atoms with Gasteiger partial charge in [-0.25, -0.2) is 4.98 Å². The van der Waals surface area contributed by atoms with Crippen LogP contribution in [0.2, 0.25) is 5.02 Å². The van der Waals surface area contributed by atoms with Crippen molar-refractivity contribution in [1.29, 1.82) is 0 Å². The molecular weight excluding hydrogens is 220 g/mol. The number of aryl methyl sites for hydroxylation is 1. The molecular formula is C13H15ClN2. The molecule has 0 saturated heterocycles. The van der Waals surface area contributed by atoms with Gasteiger partial charge in [0.15, 0.2) is 0 Å². The minimum absolute atomic E-state index is 0.440. The first kappa shape index (κ1) is 11.2. The van der Waals surface area contributed by atoms with Gasteiger partial charge in [-0.05, 0) is 30.0 Å². The summed E-state index contributed by atoms with van der Waals surface area (Å²) in [6.07, 6.45) is 5.46. The zero-order valence-corrected chi connectivity index (χ0v) is 10.5. The van der Waals surface area contributed by atoms with Gasteiger partial charge in [-0.1, -0.05) is 31.5 Å². The highest BCUT2D eigenvalue weighted by Crippen LogP contribution is 2.30. The van der Waals surface area contributed by atoms with E-state index < -0.39 is 0 Å². The maximum atomic E-state index is 6.32. The van der Waals surface area contributed by atoms with Gasteiger partial charge >= 0.3 is 0 Å². The first-order chi connectivity index (χ1) is 7.59. The van der Waals surface area contributed by atoms with Gasteiger partial charge in [-0.3, -0.25) is 0 Å². The summed E-state index contributed by atoms with van der Waals surface area (Å²) in [7, 11) is 0. The largest absolute Gasteiger partial charge is 0.305 e. The molecule has 0 spiro atoms. The van der Waals surface area contributed by atoms with Crippen molar-refractivity contribution in [2.24, 2.45) is 0 Å². The summed E-state index contributed by atoms with van der Waals surface area (Å²) in [5.41, 5.74) is 3.49. The average molecular weight is 235 g/mol. The van der Waals surface area contributed by atoms with E-state index >= 15 is 0 Å². The Hall–Kier alpha value is -1.28. The SMILES string of the molecule is Cc1cc(Cl)c(-n2ccnc2)c(C(C)C)c1. The number of hydrogen-bond donors (Lipinski definition) is 0. The van der Waals surface area contributed by atoms with Gasteiger partial charge in [0.2, 0.25) is 0 Å². The van der Waals surface area contributed by atoms with Crippen LogP contribution in [0, 0.1) is 6.92 Å². The molecule has 0 radical (unpaired) electrons. The van der Waals surface area contributed by atoms with E-state index in [0.717, 1.165) is 10.7 Å². The minimum Gasteiger partial charge on any atom is -0.305 e. The fraction of sp³-hybridized carbons (Fsp3) is 0.308. The molecule has 84 valence electrons. The predicted octanol–water partition coefficient (Wildman–Crippen LogP) is 3.96. The lowest BCUT2D eigenvalue weighted by Crippen LogP contribution is -2.01. The van der Waals surface area contributed by atoms with E-state index in [4.69, 9.17) is 11.6 Å². The lowest BCUT2D eigenvalue weighted by molar-refractivity contribution is 0.844. The Morgan fingerprint density at radius 3 is 2.62 bits per heavy atom. The third kappa shape index (κ3) is 1.98. The topological polar surface area (TPSA) is 17.8 Å². The van der Waals surface area contributed by atoms with Gasteiger partial charge in [-0.15, -0.1) is 0 Å². The van der Waals surface area contributed by atoms with E-state index in [-0.39, 0.29) is 0 Å². The van der Waals surface area contributed by atoms with Crippen molar-refractivity contribution in [3.63, 3.8) is 0 Å². The molecule has 0 aliphatic heterocycles. The van der Waals surface area contributed by atoms with Gasteiger partial charge in [-0.2, -0.15) is 0 Å². The number of halogens is 1. The fourth-order valence-corrected chi connectivity index (χ4v) is 2.24. The van der Waals surface area contributed by atoms with Crippen LogP contribution < -0.4 is 0 Å². The zero-order valence-electron chi connectivity index (χ0n) is 9.74. The van der Waals surface area contributed by atoms with Crippen LogP contribution in [0.25, 0.3) is 5.69 Å². The first-order valence-corrected chi connectivity index (χ1v) is 5.75. The maximum Gasteiger partial charge on any atom is 0.0992 e. The molecule has 3 heteroatoms. The van der Waals surface area contributed by atoms with Crippen molar-refractivity contribution in [3.05, 3.63) is 47.0 Å². The van der Waals surface area contributed by atoms with E-state index in [2.05, 4.69) is 31.8 Å². The van der Waals surface area contributed by atoms with Gasteiger partial charge in [0.05, 0.1) is 17.0 Å². The highest BCUT2D eigenvalue weighted by atomic mass is 35.5. The molecule has 0 unspecified atom stereocenters. The molecule has 0 bridgehead atoms. The molecule has 2 nitrogen and oxygen atoms in total. The highest BCUT2D eigenvalue weighted by molar-refractivity contribution is 6.32. The highest BCUT2D eigenvalue weighted by Gasteiger charge is 2.12. The summed E-state index contributed by atoms with van der Waals surface area (Å²) in [6.45, 7) is 6.41. The maximum absolute atomic E-state index is 6.32. The summed E-state index contributed by atoms with van der Waals surface area (Å²) in [5, 5.41) is 0.779. The summed E-state index contributed by atoms with van der Waals surface area (Å²) in [6, 6.07) is 4.18. The van der Waals surface area contributed by atoms with E-state index in [0.29, 0.717) is 5.92 Å². The van der Waals surface area contributed by atoms with E-state index in [1.54, 1.807) is 12.5 Å². The van der Waals surface area contributed by atoms with Crippen LogP contribution in [-0.4, -0.2) is 9.55 Å². The second-order valence-corrected chi connectivity index (χ2v) is 4.72. The number of benzene rings is 1. The fourth-order valence-electron chi connectivity index (χ4n) is 1.87. The number of nitrogens with zero attached hydrogens (tertiary/aromatic N) is 2. The molecule has 0 atom stereocenters. The first-order valence-electron chi connectivity index (χ1n) is 5.38. The number of aromatic nitrogens is 2. The molecule has 0 saturated carbocycles. The van der Waals surface area contributed by atoms with Gasteiger partial charge in [0.25, 0.3) is 0 Å². The van der Waals surface area contributed by atoms with E-state index in [1.165, 1.54) is 11.1 Å². The smallest absolute Gasteiger partial charge is 0.0992 e. The molecule has 16 heavy (non-hydrogen) atoms. The van der Waals surface area contributed by atoms with Crippen LogP contribution in [0.5, 0.6) is 0 Å². The second-order valence-electron chi connectivity index (χ2n) is 4.31. The van der Waals surface area contributed by atoms with Gasteiger partial charge < -0.3 is 4.57 Å². The lowest BCUT2D eigenvalue weighted by Gasteiger charge is -2.16. The van der Waals surface area contributed by atoms with E-state index in [9.17, 15) is 0 Å². The molecule has 0 amide bonds. The molecule has 1 heterocycles. The lowest BCUT2D eigenvalue weighted by atomic mass is 9.99. The van der Waals surface area contributed by atoms with Crippen LogP contribution >= 0.6 is 11.6 Å². The molecule has 0 N–H and O–H groups in total. The van der Waals surface area contributed by atoms with Gasteiger partial charge in [0, 0.05) is 12.4 Å². The number of imidazole rings is 1. The molecule has 0 fully saturated rings. The quantitative estimate of drug-likeness (QED) is 0.769. The van der Waals surface area contributed by atoms with Crippen LogP contribution in [0.4, 0.5) is 0 Å². The predicted molar refractivity (Wildman–Crippen MR) is 67.4 cm³/mol. The van der Waals surface area contributed by atoms with Crippen LogP contribution in [0.15, 0.2) is 30.9 Å². The Morgan fingerprint density at radius 1 is 1.31 bits per heavy atom. The summed E-state index contributed by atoms with van der Waals surface area (Å²) >= 11 is 6.32. The van der Waals surface area contributed by atoms with E-state index in [1.807, 2.05) is 16.8 Å². The van der Waals surface area contributed by atoms with Crippen LogP contribution in [0.3, 0.4) is 0 Å². The van der Waals surface area contributed by atoms with Crippen molar-refractivity contribution in [1.82, 2.24) is 9.55 Å². The van der Waals surface area contributed by atoms with Crippen molar-refractivity contribution in [2.45, 2.75) is 26.7 Å². The Labute approximate surface area is 101 Å². The van der Waals surface area contributed by atoms with Crippen LogP contribution in [-0.2, 0) is 0 Å². The third-order valence-electron chi connectivity index (χ3n) is 2.62. The molecule has 0 aliphatic carbocycles. The second kappa shape index (κ2) is 4.30. The standard InChI is InChI=1S/C13H15ClN2/c1-9(2)11-6-10(3)7-12(14)13(11)16-5-4-15-8-16/h4-9H,1-3H3. The summed E-state index contributed by atoms with van der Waals surface area (Å²) in [4.78, 5) is 4.07. The molecule has 2 rings (SSSR count). The zero-order chi connectivity index (χ0) is 11.7. The summed E-state index contributed by atoms with van der Waals surface area (Å²) in [5.74, 6) is 0.440. The number of rotatable bonds is 2. The Balaban J connectivity index is 2.67. The normalized spacial score (nSPS) is 11.1. The molecule has 1 aromatic carbocycles. The number of hydrogen-bond acceptors (Lipinski definition) is 1. The Bertz CT molecular complexity index is 487. The average Bonchev–Trinajstić information content (AvgIpc) is 2.69. The van der Waals surface area contributed by atoms with Crippen molar-refractivity contribution in [3.8, 4) is 5.69 Å². The Kier molecular flexibility index (Phi) is 3.01. The monoisotopic (exact) mass is 234 g/mol. The third-order valence-corrected chi connectivity index (χ3v) is 2.91. The minimum atomic E-state index is 0.440.